The molecule has 108 valence electrons. The van der Waals surface area contributed by atoms with Gasteiger partial charge in [-0.15, -0.1) is 0 Å². The van der Waals surface area contributed by atoms with Crippen LogP contribution in [0.4, 0.5) is 0 Å². The maximum atomic E-state index is 4.45. The van der Waals surface area contributed by atoms with Gasteiger partial charge in [0, 0.05) is 11.7 Å². The molecular formula is C18H21N3. The molecular weight excluding hydrogens is 258 g/mol. The minimum Gasteiger partial charge on any atom is -0.310 e. The van der Waals surface area contributed by atoms with Gasteiger partial charge < -0.3 is 5.32 Å². The van der Waals surface area contributed by atoms with Gasteiger partial charge in [-0.05, 0) is 42.8 Å². The highest BCUT2D eigenvalue weighted by atomic mass is 15.0. The minimum absolute atomic E-state index is 0.434. The molecule has 3 rings (SSSR count). The quantitative estimate of drug-likeness (QED) is 0.762. The number of nitrogens with one attached hydrogen (secondary N) is 1. The van der Waals surface area contributed by atoms with Gasteiger partial charge in [-0.1, -0.05) is 38.1 Å². The molecule has 1 N–H and O–H groups in total. The fourth-order valence-electron chi connectivity index (χ4n) is 2.78. The summed E-state index contributed by atoms with van der Waals surface area (Å²) in [4.78, 5) is 4.45. The Kier molecular flexibility index (Phi) is 4.02. The topological polar surface area (TPSA) is 29.9 Å². The van der Waals surface area contributed by atoms with E-state index in [2.05, 4.69) is 59.0 Å². The lowest BCUT2D eigenvalue weighted by Gasteiger charge is -2.16. The monoisotopic (exact) mass is 279 g/mol. The van der Waals surface area contributed by atoms with Gasteiger partial charge in [0.25, 0.3) is 0 Å². The van der Waals surface area contributed by atoms with E-state index >= 15 is 0 Å². The van der Waals surface area contributed by atoms with E-state index in [0.717, 1.165) is 29.7 Å². The average molecular weight is 279 g/mol. The van der Waals surface area contributed by atoms with Crippen LogP contribution < -0.4 is 5.32 Å². The van der Waals surface area contributed by atoms with Gasteiger partial charge in [-0.3, -0.25) is 4.57 Å². The normalized spacial score (nSPS) is 12.7. The number of hydrogen-bond acceptors (Lipinski definition) is 2. The Morgan fingerprint density at radius 2 is 1.81 bits per heavy atom. The first-order valence-electron chi connectivity index (χ1n) is 7.59. The second-order valence-corrected chi connectivity index (χ2v) is 5.21. The summed E-state index contributed by atoms with van der Waals surface area (Å²) in [6, 6.07) is 17.4. The minimum atomic E-state index is 0.434. The lowest BCUT2D eigenvalue weighted by molar-refractivity contribution is 0.537. The first kappa shape index (κ1) is 13.8. The first-order chi connectivity index (χ1) is 10.3. The van der Waals surface area contributed by atoms with E-state index < -0.39 is 0 Å². The van der Waals surface area contributed by atoms with Crippen molar-refractivity contribution < 1.29 is 0 Å². The van der Waals surface area contributed by atoms with E-state index in [-0.39, 0.29) is 0 Å². The van der Waals surface area contributed by atoms with Crippen molar-refractivity contribution >= 4 is 11.0 Å². The second-order valence-electron chi connectivity index (χ2n) is 5.21. The smallest absolute Gasteiger partial charge is 0.100 e. The van der Waals surface area contributed by atoms with E-state index in [1.165, 1.54) is 5.56 Å². The number of rotatable bonds is 5. The fraction of sp³-hybridized carbons (Fsp3) is 0.278. The summed E-state index contributed by atoms with van der Waals surface area (Å²) in [5, 5.41) is 3.51. The second kappa shape index (κ2) is 6.10. The molecule has 0 saturated carbocycles. The summed E-state index contributed by atoms with van der Waals surface area (Å²) in [5.41, 5.74) is 4.66. The predicted molar refractivity (Wildman–Crippen MR) is 87.8 cm³/mol. The van der Waals surface area contributed by atoms with E-state index in [1.807, 2.05) is 24.5 Å². The van der Waals surface area contributed by atoms with Crippen molar-refractivity contribution in [1.29, 1.82) is 0 Å². The van der Waals surface area contributed by atoms with E-state index in [1.54, 1.807) is 0 Å². The highest BCUT2D eigenvalue weighted by Gasteiger charge is 2.08. The third-order valence-electron chi connectivity index (χ3n) is 3.89. The third kappa shape index (κ3) is 2.69. The lowest BCUT2D eigenvalue weighted by Crippen LogP contribution is -2.19. The highest BCUT2D eigenvalue weighted by Crippen LogP contribution is 2.21. The van der Waals surface area contributed by atoms with Gasteiger partial charge in [-0.25, -0.2) is 4.98 Å². The summed E-state index contributed by atoms with van der Waals surface area (Å²) < 4.78 is 2.13. The number of hydrogen-bond donors (Lipinski definition) is 1. The van der Waals surface area contributed by atoms with Crippen molar-refractivity contribution in [2.45, 2.75) is 26.3 Å². The van der Waals surface area contributed by atoms with Gasteiger partial charge in [0.05, 0.1) is 11.0 Å². The van der Waals surface area contributed by atoms with Gasteiger partial charge in [0.2, 0.25) is 0 Å². The van der Waals surface area contributed by atoms with Crippen molar-refractivity contribution in [2.75, 3.05) is 6.54 Å². The number of imidazole rings is 1. The zero-order chi connectivity index (χ0) is 14.7. The standard InChI is InChI=1S/C18H21N3/c1-3-16(19-4-2)14-9-11-15(12-10-14)21-13-20-17-7-5-6-8-18(17)21/h5-13,16,19H,3-4H2,1-2H3. The van der Waals surface area contributed by atoms with Crippen LogP contribution in [0.25, 0.3) is 16.7 Å². The Balaban J connectivity index is 1.93. The van der Waals surface area contributed by atoms with Crippen LogP contribution in [0.1, 0.15) is 31.9 Å². The number of para-hydroxylation sites is 2. The Morgan fingerprint density at radius 3 is 2.52 bits per heavy atom. The summed E-state index contributed by atoms with van der Waals surface area (Å²) in [5.74, 6) is 0. The molecule has 0 saturated heterocycles. The highest BCUT2D eigenvalue weighted by molar-refractivity contribution is 5.77. The largest absolute Gasteiger partial charge is 0.310 e. The van der Waals surface area contributed by atoms with Gasteiger partial charge in [0.1, 0.15) is 6.33 Å². The molecule has 0 fully saturated rings. The number of benzene rings is 2. The molecule has 0 bridgehead atoms. The zero-order valence-corrected chi connectivity index (χ0v) is 12.6. The van der Waals surface area contributed by atoms with Gasteiger partial charge >= 0.3 is 0 Å². The van der Waals surface area contributed by atoms with Gasteiger partial charge in [-0.2, -0.15) is 0 Å². The van der Waals surface area contributed by atoms with Crippen LogP contribution in [0.15, 0.2) is 54.9 Å². The molecule has 1 atom stereocenters. The van der Waals surface area contributed by atoms with Crippen molar-refractivity contribution in [3.05, 3.63) is 60.4 Å². The van der Waals surface area contributed by atoms with Crippen LogP contribution in [-0.2, 0) is 0 Å². The van der Waals surface area contributed by atoms with Crippen LogP contribution in [0.3, 0.4) is 0 Å². The molecule has 1 aromatic heterocycles. The number of aromatic nitrogens is 2. The number of nitrogens with zero attached hydrogens (tertiary/aromatic N) is 2. The lowest BCUT2D eigenvalue weighted by atomic mass is 10.0. The molecule has 1 unspecified atom stereocenters. The van der Waals surface area contributed by atoms with Crippen molar-refractivity contribution in [3.8, 4) is 5.69 Å². The molecule has 3 nitrogen and oxygen atoms in total. The summed E-state index contributed by atoms with van der Waals surface area (Å²) in [6.45, 7) is 5.35. The molecule has 3 aromatic rings. The number of fused-ring (bicyclic) bond motifs is 1. The van der Waals surface area contributed by atoms with Crippen molar-refractivity contribution in [1.82, 2.24) is 14.9 Å². The maximum absolute atomic E-state index is 4.45. The van der Waals surface area contributed by atoms with Crippen molar-refractivity contribution in [2.24, 2.45) is 0 Å². The Labute approximate surface area is 125 Å². The molecule has 3 heteroatoms. The van der Waals surface area contributed by atoms with Gasteiger partial charge in [0.15, 0.2) is 0 Å². The molecule has 1 heterocycles. The predicted octanol–water partition coefficient (Wildman–Crippen LogP) is 4.09. The summed E-state index contributed by atoms with van der Waals surface area (Å²) in [7, 11) is 0. The Bertz CT molecular complexity index is 713. The van der Waals surface area contributed by atoms with Crippen molar-refractivity contribution in [3.63, 3.8) is 0 Å². The molecule has 0 aliphatic heterocycles. The summed E-state index contributed by atoms with van der Waals surface area (Å²) >= 11 is 0. The van der Waals surface area contributed by atoms with Crippen LogP contribution in [0, 0.1) is 0 Å². The first-order valence-corrected chi connectivity index (χ1v) is 7.59. The van der Waals surface area contributed by atoms with E-state index in [4.69, 9.17) is 0 Å². The summed E-state index contributed by atoms with van der Waals surface area (Å²) in [6.07, 6.45) is 2.99. The van der Waals surface area contributed by atoms with Crippen LogP contribution in [0.2, 0.25) is 0 Å². The molecule has 2 aromatic carbocycles. The average Bonchev–Trinajstić information content (AvgIpc) is 2.97. The molecule has 0 radical (unpaired) electrons. The van der Waals surface area contributed by atoms with E-state index in [0.29, 0.717) is 6.04 Å². The third-order valence-corrected chi connectivity index (χ3v) is 3.89. The zero-order valence-electron chi connectivity index (χ0n) is 12.6. The molecule has 0 aliphatic rings. The van der Waals surface area contributed by atoms with Crippen LogP contribution >= 0.6 is 0 Å². The Morgan fingerprint density at radius 1 is 1.05 bits per heavy atom. The molecule has 21 heavy (non-hydrogen) atoms. The van der Waals surface area contributed by atoms with E-state index in [9.17, 15) is 0 Å². The fourth-order valence-corrected chi connectivity index (χ4v) is 2.78. The molecule has 0 amide bonds. The maximum Gasteiger partial charge on any atom is 0.100 e. The molecule has 0 spiro atoms. The van der Waals surface area contributed by atoms with Crippen LogP contribution in [-0.4, -0.2) is 16.1 Å². The Hall–Kier alpha value is -2.13. The molecule has 0 aliphatic carbocycles. The SMILES string of the molecule is CCNC(CC)c1ccc(-n2cnc3ccccc32)cc1. The van der Waals surface area contributed by atoms with Crippen LogP contribution in [0.5, 0.6) is 0 Å².